The Labute approximate surface area is 182 Å². The molecule has 1 fully saturated rings. The summed E-state index contributed by atoms with van der Waals surface area (Å²) in [5.74, 6) is 0.353. The normalized spacial score (nSPS) is 17.1. The lowest BCUT2D eigenvalue weighted by Crippen LogP contribution is -2.39. The smallest absolute Gasteiger partial charge is 0.354 e. The number of thioether (sulfide) groups is 1. The van der Waals surface area contributed by atoms with Crippen molar-refractivity contribution in [2.45, 2.75) is 49.9 Å². The molecule has 0 aliphatic carbocycles. The fourth-order valence-corrected chi connectivity index (χ4v) is 4.24. The molecule has 1 aromatic heterocycles. The summed E-state index contributed by atoms with van der Waals surface area (Å²) < 4.78 is 38.6. The molecule has 1 saturated heterocycles. The third-order valence-corrected chi connectivity index (χ3v) is 6.19. The van der Waals surface area contributed by atoms with Crippen LogP contribution in [0.1, 0.15) is 38.2 Å². The Morgan fingerprint density at radius 3 is 2.83 bits per heavy atom. The van der Waals surface area contributed by atoms with E-state index in [1.165, 1.54) is 24.5 Å². The highest BCUT2D eigenvalue weighted by Crippen LogP contribution is 2.34. The topological polar surface area (TPSA) is 58.1 Å². The van der Waals surface area contributed by atoms with Gasteiger partial charge in [-0.25, -0.2) is 9.97 Å². The Bertz CT molecular complexity index is 897. The Morgan fingerprint density at radius 1 is 1.30 bits per heavy atom. The lowest BCUT2D eigenvalue weighted by Gasteiger charge is -2.36. The van der Waals surface area contributed by atoms with E-state index < -0.39 is 17.6 Å². The van der Waals surface area contributed by atoms with Gasteiger partial charge in [0.1, 0.15) is 17.2 Å². The summed E-state index contributed by atoms with van der Waals surface area (Å²) in [6, 6.07) is 5.11. The minimum atomic E-state index is -4.51. The number of nitrogens with zero attached hydrogens (tertiary/aromatic N) is 3. The van der Waals surface area contributed by atoms with Crippen molar-refractivity contribution >= 4 is 40.8 Å². The van der Waals surface area contributed by atoms with Crippen LogP contribution in [0.15, 0.2) is 35.6 Å². The molecule has 1 aliphatic rings. The van der Waals surface area contributed by atoms with Gasteiger partial charge in [0.2, 0.25) is 5.91 Å². The van der Waals surface area contributed by atoms with Gasteiger partial charge in [-0.1, -0.05) is 30.3 Å². The summed E-state index contributed by atoms with van der Waals surface area (Å²) in [7, 11) is 0. The molecule has 1 N–H and O–H groups in total. The van der Waals surface area contributed by atoms with Crippen molar-refractivity contribution in [3.63, 3.8) is 0 Å². The van der Waals surface area contributed by atoms with E-state index in [0.29, 0.717) is 11.1 Å². The Kier molecular flexibility index (Phi) is 7.46. The molecule has 5 nitrogen and oxygen atoms in total. The Hall–Kier alpha value is -2.00. The summed E-state index contributed by atoms with van der Waals surface area (Å²) in [6.45, 7) is 3.09. The monoisotopic (exact) mass is 458 g/mol. The summed E-state index contributed by atoms with van der Waals surface area (Å²) >= 11 is 7.12. The van der Waals surface area contributed by atoms with Gasteiger partial charge in [-0.05, 0) is 43.9 Å². The van der Waals surface area contributed by atoms with Crippen LogP contribution in [0.4, 0.5) is 24.7 Å². The van der Waals surface area contributed by atoms with Crippen molar-refractivity contribution in [1.29, 1.82) is 0 Å². The predicted octanol–water partition coefficient (Wildman–Crippen LogP) is 5.65. The van der Waals surface area contributed by atoms with E-state index in [-0.39, 0.29) is 16.5 Å². The van der Waals surface area contributed by atoms with Gasteiger partial charge in [-0.15, -0.1) is 0 Å². The fraction of sp³-hybridized carbons (Fsp3) is 0.450. The van der Waals surface area contributed by atoms with Crippen molar-refractivity contribution in [2.24, 2.45) is 0 Å². The summed E-state index contributed by atoms with van der Waals surface area (Å²) in [4.78, 5) is 23.1. The average Bonchev–Trinajstić information content (AvgIpc) is 2.73. The first-order valence-corrected chi connectivity index (χ1v) is 11.0. The van der Waals surface area contributed by atoms with Crippen LogP contribution in [0.5, 0.6) is 0 Å². The minimum absolute atomic E-state index is 0.0137. The maximum atomic E-state index is 12.9. The molecule has 30 heavy (non-hydrogen) atoms. The van der Waals surface area contributed by atoms with E-state index in [9.17, 15) is 18.0 Å². The highest BCUT2D eigenvalue weighted by molar-refractivity contribution is 7.99. The highest BCUT2D eigenvalue weighted by Gasteiger charge is 2.31. The van der Waals surface area contributed by atoms with E-state index in [4.69, 9.17) is 11.6 Å². The summed E-state index contributed by atoms with van der Waals surface area (Å²) in [5, 5.41) is 3.11. The molecular weight excluding hydrogens is 437 g/mol. The number of aromatic nitrogens is 2. The van der Waals surface area contributed by atoms with Crippen molar-refractivity contribution in [3.05, 3.63) is 41.2 Å². The van der Waals surface area contributed by atoms with E-state index >= 15 is 0 Å². The number of alkyl halides is 3. The molecule has 1 aliphatic heterocycles. The van der Waals surface area contributed by atoms with Crippen LogP contribution in [0, 0.1) is 0 Å². The van der Waals surface area contributed by atoms with Crippen molar-refractivity contribution in [1.82, 2.24) is 9.97 Å². The van der Waals surface area contributed by atoms with E-state index in [1.807, 2.05) is 6.07 Å². The van der Waals surface area contributed by atoms with Gasteiger partial charge in [0.25, 0.3) is 0 Å². The second-order valence-corrected chi connectivity index (χ2v) is 8.40. The molecule has 1 amide bonds. The number of hydrogen-bond donors (Lipinski definition) is 1. The standard InChI is InChI=1S/C20H22ClF3N4OS/c1-2-14-5-3-4-8-28(14)17-10-19(26-12-25-17)30-11-18(29)27-16-9-13(20(22,23)24)6-7-15(16)21/h6-7,9-10,12,14H,2-5,8,11H2,1H3,(H,27,29)/t14-/m0/s1. The third kappa shape index (κ3) is 5.78. The zero-order valence-electron chi connectivity index (χ0n) is 16.4. The summed E-state index contributed by atoms with van der Waals surface area (Å²) in [5.41, 5.74) is -0.943. The molecule has 162 valence electrons. The molecule has 0 saturated carbocycles. The largest absolute Gasteiger partial charge is 0.416 e. The molecule has 0 spiro atoms. The number of nitrogens with one attached hydrogen (secondary N) is 1. The van der Waals surface area contributed by atoms with Crippen LogP contribution < -0.4 is 10.2 Å². The van der Waals surface area contributed by atoms with Crippen molar-refractivity contribution < 1.29 is 18.0 Å². The number of anilines is 2. The number of rotatable bonds is 6. The number of carbonyl (C=O) groups is 1. The Morgan fingerprint density at radius 2 is 2.10 bits per heavy atom. The molecule has 2 aromatic rings. The second-order valence-electron chi connectivity index (χ2n) is 6.99. The van der Waals surface area contributed by atoms with Crippen LogP contribution in [0.2, 0.25) is 5.02 Å². The average molecular weight is 459 g/mol. The molecule has 1 aromatic carbocycles. The zero-order chi connectivity index (χ0) is 21.7. The molecule has 3 rings (SSSR count). The van der Waals surface area contributed by atoms with E-state index in [2.05, 4.69) is 27.1 Å². The van der Waals surface area contributed by atoms with Crippen LogP contribution in [0.3, 0.4) is 0 Å². The van der Waals surface area contributed by atoms with Gasteiger partial charge in [-0.3, -0.25) is 4.79 Å². The highest BCUT2D eigenvalue weighted by atomic mass is 35.5. The number of hydrogen-bond acceptors (Lipinski definition) is 5. The van der Waals surface area contributed by atoms with Crippen LogP contribution >= 0.6 is 23.4 Å². The molecule has 2 heterocycles. The van der Waals surface area contributed by atoms with Crippen LogP contribution in [-0.2, 0) is 11.0 Å². The SMILES string of the molecule is CC[C@H]1CCCCN1c1cc(SCC(=O)Nc2cc(C(F)(F)F)ccc2Cl)ncn1. The molecule has 10 heteroatoms. The van der Waals surface area contributed by atoms with E-state index in [0.717, 1.165) is 49.8 Å². The molecular formula is C20H22ClF3N4OS. The Balaban J connectivity index is 1.63. The maximum Gasteiger partial charge on any atom is 0.416 e. The lowest BCUT2D eigenvalue weighted by molar-refractivity contribution is -0.137. The fourth-order valence-electron chi connectivity index (χ4n) is 3.42. The van der Waals surface area contributed by atoms with Gasteiger partial charge in [0.05, 0.1) is 22.0 Å². The number of piperidine rings is 1. The summed E-state index contributed by atoms with van der Waals surface area (Å²) in [6.07, 6.45) is 1.44. The van der Waals surface area contributed by atoms with Gasteiger partial charge in [0.15, 0.2) is 0 Å². The first kappa shape index (κ1) is 22.7. The zero-order valence-corrected chi connectivity index (χ0v) is 17.9. The number of halogens is 4. The van der Waals surface area contributed by atoms with Crippen LogP contribution in [-0.4, -0.2) is 34.2 Å². The predicted molar refractivity (Wildman–Crippen MR) is 113 cm³/mol. The van der Waals surface area contributed by atoms with Gasteiger partial charge in [-0.2, -0.15) is 13.2 Å². The molecule has 1 atom stereocenters. The van der Waals surface area contributed by atoms with Gasteiger partial charge < -0.3 is 10.2 Å². The van der Waals surface area contributed by atoms with E-state index in [1.54, 1.807) is 0 Å². The van der Waals surface area contributed by atoms with Crippen molar-refractivity contribution in [2.75, 3.05) is 22.5 Å². The van der Waals surface area contributed by atoms with Gasteiger partial charge >= 0.3 is 6.18 Å². The van der Waals surface area contributed by atoms with Crippen LogP contribution in [0.25, 0.3) is 0 Å². The first-order valence-electron chi connectivity index (χ1n) is 9.66. The maximum absolute atomic E-state index is 12.9. The molecule has 0 radical (unpaired) electrons. The second kappa shape index (κ2) is 9.87. The first-order chi connectivity index (χ1) is 14.3. The number of benzene rings is 1. The number of carbonyl (C=O) groups excluding carboxylic acids is 1. The molecule has 0 bridgehead atoms. The third-order valence-electron chi connectivity index (χ3n) is 4.94. The van der Waals surface area contributed by atoms with Gasteiger partial charge in [0, 0.05) is 18.7 Å². The molecule has 0 unspecified atom stereocenters. The quantitative estimate of drug-likeness (QED) is 0.448. The number of amides is 1. The van der Waals surface area contributed by atoms with Crippen molar-refractivity contribution in [3.8, 4) is 0 Å². The minimum Gasteiger partial charge on any atom is -0.354 e. The lowest BCUT2D eigenvalue weighted by atomic mass is 10.0.